The van der Waals surface area contributed by atoms with Gasteiger partial charge in [0.2, 0.25) is 11.7 Å². The van der Waals surface area contributed by atoms with E-state index in [1.165, 1.54) is 7.11 Å². The number of carbonyl (C=O) groups is 3. The predicted octanol–water partition coefficient (Wildman–Crippen LogP) is 5.09. The lowest BCUT2D eigenvalue weighted by Gasteiger charge is -2.20. The fraction of sp³-hybridized carbons (Fsp3) is 0.222. The molecule has 1 atom stereocenters. The van der Waals surface area contributed by atoms with Crippen LogP contribution in [-0.4, -0.2) is 74.7 Å². The van der Waals surface area contributed by atoms with Crippen LogP contribution in [0.5, 0.6) is 11.5 Å². The van der Waals surface area contributed by atoms with E-state index in [4.69, 9.17) is 15.2 Å². The molecule has 0 spiro atoms. The third kappa shape index (κ3) is 6.50. The maximum atomic E-state index is 13.2. The van der Waals surface area contributed by atoms with E-state index in [0.29, 0.717) is 59.3 Å². The molecule has 0 aliphatic carbocycles. The van der Waals surface area contributed by atoms with Gasteiger partial charge in [0.05, 0.1) is 42.0 Å². The van der Waals surface area contributed by atoms with Crippen LogP contribution in [-0.2, 0) is 11.8 Å². The third-order valence-corrected chi connectivity index (χ3v) is 8.53. The van der Waals surface area contributed by atoms with Gasteiger partial charge in [-0.05, 0) is 61.4 Å². The van der Waals surface area contributed by atoms with Crippen molar-refractivity contribution in [3.8, 4) is 22.9 Å². The fourth-order valence-electron chi connectivity index (χ4n) is 6.03. The Bertz CT molecular complexity index is 2180. The molecule has 0 saturated carbocycles. The van der Waals surface area contributed by atoms with Gasteiger partial charge in [0.15, 0.2) is 17.3 Å². The van der Waals surface area contributed by atoms with Crippen LogP contribution in [0.2, 0.25) is 0 Å². The molecule has 0 bridgehead atoms. The molecule has 3 amide bonds. The Labute approximate surface area is 287 Å². The highest BCUT2D eigenvalue weighted by Gasteiger charge is 2.34. The first kappa shape index (κ1) is 32.1. The number of benzene rings is 3. The summed E-state index contributed by atoms with van der Waals surface area (Å²) in [6.07, 6.45) is 4.58. The summed E-state index contributed by atoms with van der Waals surface area (Å²) in [5.74, 6) is 1.06. The zero-order valence-electron chi connectivity index (χ0n) is 27.5. The molecular weight excluding hydrogens is 638 g/mol. The van der Waals surface area contributed by atoms with E-state index < -0.39 is 5.91 Å². The molecule has 1 unspecified atom stereocenters. The molecule has 14 heteroatoms. The second-order valence-corrected chi connectivity index (χ2v) is 12.2. The Morgan fingerprint density at radius 1 is 1.08 bits per heavy atom. The maximum absolute atomic E-state index is 13.2. The number of aryl methyl sites for hydroxylation is 1. The monoisotopic (exact) mass is 673 g/mol. The number of aromatic amines is 1. The normalized spacial score (nSPS) is 15.1. The van der Waals surface area contributed by atoms with E-state index in [9.17, 15) is 14.4 Å². The highest BCUT2D eigenvalue weighted by atomic mass is 16.5. The molecule has 1 fully saturated rings. The first-order chi connectivity index (χ1) is 24.1. The van der Waals surface area contributed by atoms with Crippen LogP contribution < -0.4 is 25.8 Å². The van der Waals surface area contributed by atoms with Gasteiger partial charge in [-0.1, -0.05) is 12.2 Å². The van der Waals surface area contributed by atoms with Crippen LogP contribution in [0.4, 0.5) is 22.9 Å². The summed E-state index contributed by atoms with van der Waals surface area (Å²) in [4.78, 5) is 57.4. The molecule has 254 valence electrons. The Morgan fingerprint density at radius 3 is 2.70 bits per heavy atom. The number of nitrogens with zero attached hydrogens (tertiary/aromatic N) is 5. The first-order valence-electron chi connectivity index (χ1n) is 16.0. The number of rotatable bonds is 10. The number of nitrogens with one attached hydrogen (secondary N) is 3. The summed E-state index contributed by atoms with van der Waals surface area (Å²) < 4.78 is 13.0. The summed E-state index contributed by atoms with van der Waals surface area (Å²) in [6, 6.07) is 15.9. The van der Waals surface area contributed by atoms with Crippen molar-refractivity contribution in [2.75, 3.05) is 36.6 Å². The van der Waals surface area contributed by atoms with Crippen molar-refractivity contribution in [3.05, 3.63) is 84.3 Å². The van der Waals surface area contributed by atoms with E-state index in [0.717, 1.165) is 22.2 Å². The maximum Gasteiger partial charge on any atom is 0.291 e. The zero-order valence-corrected chi connectivity index (χ0v) is 27.5. The molecule has 5 N–H and O–H groups in total. The number of imidazole rings is 2. The minimum absolute atomic E-state index is 0.116. The number of hydrogen-bond donors (Lipinski definition) is 4. The van der Waals surface area contributed by atoms with Gasteiger partial charge < -0.3 is 40.3 Å². The van der Waals surface area contributed by atoms with Crippen LogP contribution in [0, 0.1) is 0 Å². The van der Waals surface area contributed by atoms with Gasteiger partial charge in [-0.3, -0.25) is 19.4 Å². The van der Waals surface area contributed by atoms with Gasteiger partial charge in [0, 0.05) is 55.4 Å². The number of aliphatic imine (C=N–C) groups is 1. The molecular formula is C36H35N9O5. The predicted molar refractivity (Wildman–Crippen MR) is 190 cm³/mol. The molecule has 0 radical (unpaired) electrons. The van der Waals surface area contributed by atoms with Crippen LogP contribution in [0.15, 0.2) is 77.9 Å². The number of ether oxygens (including phenoxy) is 2. The highest BCUT2D eigenvalue weighted by Crippen LogP contribution is 2.38. The molecule has 2 aromatic heterocycles. The Morgan fingerprint density at radius 2 is 1.90 bits per heavy atom. The van der Waals surface area contributed by atoms with Crippen molar-refractivity contribution in [3.63, 3.8) is 0 Å². The molecule has 14 nitrogen and oxygen atoms in total. The lowest BCUT2D eigenvalue weighted by Crippen LogP contribution is -2.35. The standard InChI is InChI=1S/C36H35N9O5/c1-20-13-24-17-38-27-16-30(29(49-3)15-25(27)36(48)45(24)18-20)50-12-4-5-32(46)42-31-19-44(2)34(43-31)35(47)39-23-9-6-21(7-10-23)33-40-26-11-8-22(37)14-28(26)41-33/h6-11,14-17,19,24H,1,4-5,12-13,18,37H2,2-3H3,(H,39,47)(H,40,41)(H,42,46). The average molecular weight is 674 g/mol. The Balaban J connectivity index is 0.913. The number of anilines is 3. The molecule has 2 aliphatic rings. The number of fused-ring (bicyclic) bond motifs is 3. The van der Waals surface area contributed by atoms with Gasteiger partial charge in [-0.2, -0.15) is 0 Å². The van der Waals surface area contributed by atoms with E-state index in [1.54, 1.807) is 59.3 Å². The van der Waals surface area contributed by atoms with Crippen LogP contribution in [0.1, 0.15) is 40.2 Å². The minimum Gasteiger partial charge on any atom is -0.493 e. The highest BCUT2D eigenvalue weighted by molar-refractivity contribution is 6.04. The summed E-state index contributed by atoms with van der Waals surface area (Å²) in [7, 11) is 3.18. The van der Waals surface area contributed by atoms with Gasteiger partial charge in [0.25, 0.3) is 11.8 Å². The second kappa shape index (κ2) is 13.2. The molecule has 1 saturated heterocycles. The van der Waals surface area contributed by atoms with Crippen molar-refractivity contribution in [1.82, 2.24) is 24.4 Å². The summed E-state index contributed by atoms with van der Waals surface area (Å²) in [5.41, 5.74) is 11.5. The summed E-state index contributed by atoms with van der Waals surface area (Å²) in [6.45, 7) is 4.73. The largest absolute Gasteiger partial charge is 0.493 e. The number of nitrogen functional groups attached to an aromatic ring is 1. The molecule has 4 heterocycles. The SMILES string of the molecule is C=C1CC2C=Nc3cc(OCCCC(=O)Nc4cn(C)c(C(=O)Nc5ccc(-c6nc7ccc(N)cc7[nH]6)cc5)n4)c(OC)cc3C(=O)N2C1. The van der Waals surface area contributed by atoms with E-state index >= 15 is 0 Å². The van der Waals surface area contributed by atoms with E-state index in [-0.39, 0.29) is 42.5 Å². The number of amides is 3. The van der Waals surface area contributed by atoms with Crippen LogP contribution >= 0.6 is 0 Å². The number of methoxy groups -OCH3 is 1. The van der Waals surface area contributed by atoms with Crippen molar-refractivity contribution in [1.29, 1.82) is 0 Å². The quantitative estimate of drug-likeness (QED) is 0.0898. The lowest BCUT2D eigenvalue weighted by atomic mass is 10.1. The van der Waals surface area contributed by atoms with Gasteiger partial charge >= 0.3 is 0 Å². The number of H-pyrrole nitrogens is 1. The van der Waals surface area contributed by atoms with E-state index in [2.05, 4.69) is 37.2 Å². The van der Waals surface area contributed by atoms with Crippen LogP contribution in [0.3, 0.4) is 0 Å². The number of hydrogen-bond acceptors (Lipinski definition) is 9. The van der Waals surface area contributed by atoms with Crippen molar-refractivity contribution in [2.45, 2.75) is 25.3 Å². The van der Waals surface area contributed by atoms with Crippen molar-refractivity contribution >= 4 is 57.8 Å². The smallest absolute Gasteiger partial charge is 0.291 e. The topological polar surface area (TPSA) is 182 Å². The first-order valence-corrected chi connectivity index (χ1v) is 16.0. The van der Waals surface area contributed by atoms with Crippen molar-refractivity contribution in [2.24, 2.45) is 12.0 Å². The van der Waals surface area contributed by atoms with Crippen LogP contribution in [0.25, 0.3) is 22.4 Å². The average Bonchev–Trinajstić information content (AvgIpc) is 3.79. The second-order valence-electron chi connectivity index (χ2n) is 12.2. The summed E-state index contributed by atoms with van der Waals surface area (Å²) in [5, 5.41) is 5.58. The van der Waals surface area contributed by atoms with Gasteiger partial charge in [0.1, 0.15) is 5.82 Å². The molecule has 5 aromatic rings. The Kier molecular flexibility index (Phi) is 8.50. The molecule has 7 rings (SSSR count). The van der Waals surface area contributed by atoms with Gasteiger partial charge in [-0.25, -0.2) is 9.97 Å². The van der Waals surface area contributed by atoms with E-state index in [1.807, 2.05) is 24.3 Å². The molecule has 50 heavy (non-hydrogen) atoms. The fourth-order valence-corrected chi connectivity index (χ4v) is 6.03. The number of carbonyl (C=O) groups excluding carboxylic acids is 3. The molecule has 3 aromatic carbocycles. The lowest BCUT2D eigenvalue weighted by molar-refractivity contribution is -0.116. The summed E-state index contributed by atoms with van der Waals surface area (Å²) >= 11 is 0. The number of aromatic nitrogens is 4. The molecule has 2 aliphatic heterocycles. The zero-order chi connectivity index (χ0) is 34.9. The third-order valence-electron chi connectivity index (χ3n) is 8.53. The number of nitrogens with two attached hydrogens (primary N) is 1. The Hall–Kier alpha value is -6.44. The minimum atomic E-state index is -0.431. The van der Waals surface area contributed by atoms with Gasteiger partial charge in [-0.15, -0.1) is 0 Å². The van der Waals surface area contributed by atoms with Crippen molar-refractivity contribution < 1.29 is 23.9 Å².